The summed E-state index contributed by atoms with van der Waals surface area (Å²) >= 11 is 0. The fourth-order valence-corrected chi connectivity index (χ4v) is 19.4. The van der Waals surface area contributed by atoms with Crippen LogP contribution in [0.1, 0.15) is 206 Å². The summed E-state index contributed by atoms with van der Waals surface area (Å²) in [5.74, 6) is 0. The van der Waals surface area contributed by atoms with E-state index in [1.807, 2.05) is 6.79 Å². The molecule has 0 amide bonds. The normalized spacial score (nSPS) is 22.7. The summed E-state index contributed by atoms with van der Waals surface area (Å²) in [6, 6.07) is 3.50. The van der Waals surface area contributed by atoms with E-state index in [9.17, 15) is 17.3 Å². The molecular weight excluding hydrogens is 786 g/mol. The first-order valence-electron chi connectivity index (χ1n) is 21.1. The number of carbonyl (C=O) groups is 1. The standard InChI is InChI=1S/2C18H33P.2C2H3N.CH2O.BF4.Ru.H/c2*1-4-10-16(11-5-1)19(17-12-6-2-7-13-17)18-14-8-3-9-15-18;2*1-2-3;1-2;2-1(3,4)5;;/h2*16-18H,1-15H2;2*1H3;1H2;;;/q;;;;;-1;+1;. The van der Waals surface area contributed by atoms with Crippen LogP contribution in [-0.4, -0.2) is 48.0 Å². The van der Waals surface area contributed by atoms with Crippen LogP contribution in [0.15, 0.2) is 0 Å². The van der Waals surface area contributed by atoms with Crippen LogP contribution in [0, 0.1) is 22.7 Å². The van der Waals surface area contributed by atoms with E-state index in [0.29, 0.717) is 15.8 Å². The first-order chi connectivity index (χ1) is 24.7. The molecule has 0 N–H and O–H groups in total. The second kappa shape index (κ2) is 33.1. The predicted molar refractivity (Wildman–Crippen MR) is 216 cm³/mol. The summed E-state index contributed by atoms with van der Waals surface area (Å²) in [6.45, 7) is 4.86. The number of rotatable bonds is 6. The van der Waals surface area contributed by atoms with Crippen LogP contribution in [-0.2, 0) is 24.3 Å². The summed E-state index contributed by atoms with van der Waals surface area (Å²) in [5, 5.41) is 14.6. The molecule has 3 nitrogen and oxygen atoms in total. The van der Waals surface area contributed by atoms with Gasteiger partial charge in [0.25, 0.3) is 0 Å². The number of hydrogen-bond donors (Lipinski definition) is 0. The molecule has 6 fully saturated rings. The van der Waals surface area contributed by atoms with Crippen molar-refractivity contribution in [2.75, 3.05) is 0 Å². The SMILES string of the molecule is C1CCC(P(C2CCCCC2)C2CCCCC2)CC1.C1CCC(P(C2CCCCC2)C2CCCCC2)CC1.C=O.CC#N.CC#N.F[B-](F)(F)F.[RuH+]. The van der Waals surface area contributed by atoms with Gasteiger partial charge in [0.05, 0.1) is 12.1 Å². The van der Waals surface area contributed by atoms with E-state index < -0.39 is 7.25 Å². The molecule has 0 bridgehead atoms. The zero-order valence-electron chi connectivity index (χ0n) is 33.0. The minimum absolute atomic E-state index is 0. The summed E-state index contributed by atoms with van der Waals surface area (Å²) in [6.07, 6.45) is 47.2. The zero-order chi connectivity index (χ0) is 37.7. The second-order valence-corrected chi connectivity index (χ2v) is 21.8. The molecule has 6 saturated carbocycles. The van der Waals surface area contributed by atoms with Crippen LogP contribution < -0.4 is 0 Å². The van der Waals surface area contributed by atoms with Gasteiger partial charge in [0.2, 0.25) is 0 Å². The quantitative estimate of drug-likeness (QED) is 0.152. The van der Waals surface area contributed by atoms with Crippen molar-refractivity contribution in [3.05, 3.63) is 0 Å². The van der Waals surface area contributed by atoms with Crippen molar-refractivity contribution in [1.29, 1.82) is 10.5 Å². The summed E-state index contributed by atoms with van der Waals surface area (Å²) in [4.78, 5) is 8.00. The third-order valence-electron chi connectivity index (χ3n) is 12.0. The summed E-state index contributed by atoms with van der Waals surface area (Å²) < 4.78 is 39.0. The van der Waals surface area contributed by atoms with E-state index in [-0.39, 0.29) is 19.5 Å². The van der Waals surface area contributed by atoms with Gasteiger partial charge >= 0.3 is 26.7 Å². The third-order valence-corrected chi connectivity index (χ3v) is 20.1. The van der Waals surface area contributed by atoms with E-state index in [0.717, 1.165) is 0 Å². The average Bonchev–Trinajstić information content (AvgIpc) is 3.16. The van der Waals surface area contributed by atoms with Crippen LogP contribution in [0.25, 0.3) is 0 Å². The molecule has 0 aliphatic heterocycles. The van der Waals surface area contributed by atoms with E-state index in [4.69, 9.17) is 15.3 Å². The number of nitriles is 2. The van der Waals surface area contributed by atoms with E-state index in [1.165, 1.54) is 86.3 Å². The van der Waals surface area contributed by atoms with Gasteiger partial charge in [0.1, 0.15) is 6.79 Å². The van der Waals surface area contributed by atoms with Gasteiger partial charge in [-0.25, -0.2) is 0 Å². The van der Waals surface area contributed by atoms with Crippen LogP contribution in [0.3, 0.4) is 0 Å². The van der Waals surface area contributed by atoms with Crippen molar-refractivity contribution in [1.82, 2.24) is 0 Å². The van der Waals surface area contributed by atoms with Gasteiger partial charge in [-0.15, -0.1) is 0 Å². The van der Waals surface area contributed by atoms with Crippen molar-refractivity contribution in [2.24, 2.45) is 0 Å². The van der Waals surface area contributed by atoms with E-state index >= 15 is 0 Å². The van der Waals surface area contributed by atoms with Gasteiger partial charge in [-0.2, -0.15) is 10.5 Å². The molecule has 1 radical (unpaired) electrons. The van der Waals surface area contributed by atoms with Crippen molar-refractivity contribution < 1.29 is 41.5 Å². The Labute approximate surface area is 333 Å². The molecule has 0 unspecified atom stereocenters. The molecule has 6 aliphatic carbocycles. The van der Waals surface area contributed by atoms with Crippen LogP contribution in [0.2, 0.25) is 0 Å². The first kappa shape index (κ1) is 51.9. The molecule has 6 rings (SSSR count). The van der Waals surface area contributed by atoms with Crippen molar-refractivity contribution in [2.45, 2.75) is 240 Å². The topological polar surface area (TPSA) is 64.7 Å². The van der Waals surface area contributed by atoms with Gasteiger partial charge in [-0.05, 0) is 111 Å². The molecule has 52 heavy (non-hydrogen) atoms. The molecule has 6 aliphatic rings. The average molecular weight is 862 g/mol. The van der Waals surface area contributed by atoms with E-state index in [2.05, 4.69) is 0 Å². The fourth-order valence-electron chi connectivity index (χ4n) is 10.1. The molecular formula is C41H75BF4N2OP2Ru. The number of nitrogens with zero attached hydrogens (tertiary/aromatic N) is 2. The van der Waals surface area contributed by atoms with Gasteiger partial charge in [-0.3, -0.25) is 0 Å². The molecule has 0 aromatic heterocycles. The van der Waals surface area contributed by atoms with Gasteiger partial charge in [0, 0.05) is 13.8 Å². The monoisotopic (exact) mass is 862 g/mol. The first-order valence-corrected chi connectivity index (χ1v) is 24.2. The summed E-state index contributed by atoms with van der Waals surface area (Å²) in [5.41, 5.74) is 7.14. The molecule has 0 aromatic carbocycles. The Hall–Kier alpha value is -0.0817. The maximum absolute atomic E-state index is 9.75. The fraction of sp³-hybridized carbons (Fsp3) is 0.927. The Balaban J connectivity index is 0.000000744. The van der Waals surface area contributed by atoms with Crippen molar-refractivity contribution in [3.8, 4) is 12.1 Å². The molecule has 0 heterocycles. The predicted octanol–water partition coefficient (Wildman–Crippen LogP) is 14.8. The maximum atomic E-state index is 9.75. The molecule has 0 atom stereocenters. The number of carbonyl (C=O) groups excluding carboxylic acids is 1. The third kappa shape index (κ3) is 23.1. The Morgan fingerprint density at radius 1 is 0.404 bits per heavy atom. The second-order valence-electron chi connectivity index (χ2n) is 15.6. The Bertz CT molecular complexity index is 746. The van der Waals surface area contributed by atoms with Crippen LogP contribution in [0.5, 0.6) is 0 Å². The molecule has 0 spiro atoms. The van der Waals surface area contributed by atoms with Gasteiger partial charge in [0.15, 0.2) is 0 Å². The minimum atomic E-state index is -6.00. The van der Waals surface area contributed by atoms with Crippen LogP contribution >= 0.6 is 15.8 Å². The van der Waals surface area contributed by atoms with Gasteiger partial charge in [-0.1, -0.05) is 131 Å². The molecule has 11 heteroatoms. The Kier molecular flexibility index (Phi) is 33.0. The summed E-state index contributed by atoms with van der Waals surface area (Å²) in [7, 11) is -5.23. The molecule has 0 aromatic rings. The molecule has 304 valence electrons. The van der Waals surface area contributed by atoms with Gasteiger partial charge < -0.3 is 22.1 Å². The number of halogens is 4. The number of hydrogen-bond acceptors (Lipinski definition) is 3. The Morgan fingerprint density at radius 2 is 0.500 bits per heavy atom. The van der Waals surface area contributed by atoms with E-state index in [1.54, 1.807) is 166 Å². The zero-order valence-corrected chi connectivity index (χ0v) is 36.7. The Morgan fingerprint density at radius 3 is 0.596 bits per heavy atom. The van der Waals surface area contributed by atoms with Crippen molar-refractivity contribution >= 4 is 29.9 Å². The molecule has 0 saturated heterocycles. The van der Waals surface area contributed by atoms with Crippen molar-refractivity contribution in [3.63, 3.8) is 0 Å². The van der Waals surface area contributed by atoms with Crippen LogP contribution in [0.4, 0.5) is 17.3 Å².